The van der Waals surface area contributed by atoms with Crippen LogP contribution in [0.4, 0.5) is 0 Å². The highest BCUT2D eigenvalue weighted by atomic mass is 16.4. The molecule has 1 saturated heterocycles. The maximum Gasteiger partial charge on any atom is 0.305 e. The Balaban J connectivity index is 1.71. The third-order valence-corrected chi connectivity index (χ3v) is 5.37. The van der Waals surface area contributed by atoms with Gasteiger partial charge in [0.25, 0.3) is 0 Å². The number of hydrogen-bond donors (Lipinski definition) is 1. The number of imide groups is 1. The first-order chi connectivity index (χ1) is 11.1. The summed E-state index contributed by atoms with van der Waals surface area (Å²) in [6, 6.07) is 8.24. The Hall–Kier alpha value is -2.43. The standard InChI is InChI=1S/C18H17NO4/c20-14(21)9-13(10-4-2-1-3-5-10)19-17(22)15-11-6-7-12(8-11)16(15)18(19)23/h1-7,11-13,15-16H,8-9H2,(H,20,21). The molecule has 0 spiro atoms. The van der Waals surface area contributed by atoms with Crippen LogP contribution in [-0.2, 0) is 14.4 Å². The Bertz CT molecular complexity index is 681. The van der Waals surface area contributed by atoms with Gasteiger partial charge in [-0.1, -0.05) is 42.5 Å². The van der Waals surface area contributed by atoms with Crippen molar-refractivity contribution in [2.24, 2.45) is 23.7 Å². The van der Waals surface area contributed by atoms with Crippen molar-refractivity contribution in [2.45, 2.75) is 18.9 Å². The highest BCUT2D eigenvalue weighted by Crippen LogP contribution is 2.54. The zero-order chi connectivity index (χ0) is 16.1. The first-order valence-corrected chi connectivity index (χ1v) is 7.90. The minimum Gasteiger partial charge on any atom is -0.481 e. The second-order valence-electron chi connectivity index (χ2n) is 6.57. The van der Waals surface area contributed by atoms with Crippen molar-refractivity contribution in [3.8, 4) is 0 Å². The summed E-state index contributed by atoms with van der Waals surface area (Å²) in [5.41, 5.74) is 0.692. The fraction of sp³-hybridized carbons (Fsp3) is 0.389. The quantitative estimate of drug-likeness (QED) is 0.682. The number of benzene rings is 1. The van der Waals surface area contributed by atoms with Gasteiger partial charge in [0.05, 0.1) is 24.3 Å². The van der Waals surface area contributed by atoms with Crippen molar-refractivity contribution < 1.29 is 19.5 Å². The molecule has 1 heterocycles. The summed E-state index contributed by atoms with van der Waals surface area (Å²) >= 11 is 0. The summed E-state index contributed by atoms with van der Waals surface area (Å²) in [5, 5.41) is 9.24. The van der Waals surface area contributed by atoms with E-state index >= 15 is 0 Å². The number of aliphatic carboxylic acids is 1. The largest absolute Gasteiger partial charge is 0.481 e. The third-order valence-electron chi connectivity index (χ3n) is 5.37. The fourth-order valence-corrected chi connectivity index (χ4v) is 4.43. The third kappa shape index (κ3) is 2.03. The molecule has 5 unspecified atom stereocenters. The first-order valence-electron chi connectivity index (χ1n) is 7.90. The number of allylic oxidation sites excluding steroid dienone is 2. The molecule has 1 saturated carbocycles. The molecule has 0 aromatic heterocycles. The Labute approximate surface area is 133 Å². The number of nitrogens with zero attached hydrogens (tertiary/aromatic N) is 1. The molecule has 1 aromatic rings. The number of carboxylic acid groups (broad SMARTS) is 1. The maximum atomic E-state index is 12.9. The summed E-state index contributed by atoms with van der Waals surface area (Å²) in [6.45, 7) is 0. The number of rotatable bonds is 4. The van der Waals surface area contributed by atoms with Gasteiger partial charge in [-0.15, -0.1) is 0 Å². The molecule has 0 radical (unpaired) electrons. The van der Waals surface area contributed by atoms with E-state index in [1.54, 1.807) is 24.3 Å². The second kappa shape index (κ2) is 5.05. The highest BCUT2D eigenvalue weighted by molar-refractivity contribution is 6.07. The van der Waals surface area contributed by atoms with Crippen LogP contribution >= 0.6 is 0 Å². The molecule has 118 valence electrons. The van der Waals surface area contributed by atoms with E-state index in [-0.39, 0.29) is 41.9 Å². The average molecular weight is 311 g/mol. The number of amides is 2. The number of likely N-dealkylation sites (tertiary alicyclic amines) is 1. The highest BCUT2D eigenvalue weighted by Gasteiger charge is 2.60. The van der Waals surface area contributed by atoms with Crippen LogP contribution in [0.5, 0.6) is 0 Å². The number of hydrogen-bond acceptors (Lipinski definition) is 3. The lowest BCUT2D eigenvalue weighted by Crippen LogP contribution is -2.37. The van der Waals surface area contributed by atoms with E-state index in [1.807, 2.05) is 18.2 Å². The second-order valence-corrected chi connectivity index (χ2v) is 6.57. The predicted octanol–water partition coefficient (Wildman–Crippen LogP) is 2.01. The van der Waals surface area contributed by atoms with Crippen LogP contribution in [0.1, 0.15) is 24.4 Å². The van der Waals surface area contributed by atoms with Crippen LogP contribution < -0.4 is 0 Å². The molecule has 2 fully saturated rings. The summed E-state index contributed by atoms with van der Waals surface area (Å²) in [6.07, 6.45) is 4.68. The molecular weight excluding hydrogens is 294 g/mol. The fourth-order valence-electron chi connectivity index (χ4n) is 4.43. The van der Waals surface area contributed by atoms with Crippen molar-refractivity contribution in [3.05, 3.63) is 48.0 Å². The molecule has 23 heavy (non-hydrogen) atoms. The van der Waals surface area contributed by atoms with Gasteiger partial charge in [-0.3, -0.25) is 19.3 Å². The lowest BCUT2D eigenvalue weighted by atomic mass is 9.85. The normalized spacial score (nSPS) is 32.4. The molecule has 2 aliphatic carbocycles. The van der Waals surface area contributed by atoms with Crippen LogP contribution in [-0.4, -0.2) is 27.8 Å². The first kappa shape index (κ1) is 14.2. The number of carbonyl (C=O) groups is 3. The van der Waals surface area contributed by atoms with Crippen molar-refractivity contribution in [3.63, 3.8) is 0 Å². The minimum absolute atomic E-state index is 0.132. The van der Waals surface area contributed by atoms with Crippen LogP contribution in [0.3, 0.4) is 0 Å². The Kier molecular flexibility index (Phi) is 3.11. The SMILES string of the molecule is O=C(O)CC(c1ccccc1)N1C(=O)C2C3C=CC(C3)C2C1=O. The van der Waals surface area contributed by atoms with Crippen molar-refractivity contribution >= 4 is 17.8 Å². The Morgan fingerprint density at radius 3 is 2.17 bits per heavy atom. The average Bonchev–Trinajstić information content (AvgIpc) is 3.20. The molecular formula is C18H17NO4. The maximum absolute atomic E-state index is 12.9. The monoisotopic (exact) mass is 311 g/mol. The molecule has 4 rings (SSSR count). The molecule has 2 amide bonds. The molecule has 5 nitrogen and oxygen atoms in total. The molecule has 3 aliphatic rings. The van der Waals surface area contributed by atoms with Crippen LogP contribution in [0, 0.1) is 23.7 Å². The van der Waals surface area contributed by atoms with E-state index in [0.717, 1.165) is 6.42 Å². The topological polar surface area (TPSA) is 74.7 Å². The molecule has 2 bridgehead atoms. The summed E-state index contributed by atoms with van der Waals surface area (Å²) < 4.78 is 0. The zero-order valence-corrected chi connectivity index (χ0v) is 12.5. The number of carboxylic acids is 1. The Morgan fingerprint density at radius 1 is 1.09 bits per heavy atom. The summed E-state index contributed by atoms with van der Waals surface area (Å²) in [7, 11) is 0. The van der Waals surface area contributed by atoms with Gasteiger partial charge in [0.15, 0.2) is 0 Å². The molecule has 1 aromatic carbocycles. The zero-order valence-electron chi connectivity index (χ0n) is 12.5. The summed E-state index contributed by atoms with van der Waals surface area (Å²) in [4.78, 5) is 38.2. The molecule has 1 N–H and O–H groups in total. The van der Waals surface area contributed by atoms with Crippen LogP contribution in [0.15, 0.2) is 42.5 Å². The van der Waals surface area contributed by atoms with Gasteiger partial charge in [0.2, 0.25) is 11.8 Å². The van der Waals surface area contributed by atoms with Gasteiger partial charge < -0.3 is 5.11 Å². The van der Waals surface area contributed by atoms with Crippen molar-refractivity contribution in [1.29, 1.82) is 0 Å². The minimum atomic E-state index is -1.02. The lowest BCUT2D eigenvalue weighted by molar-refractivity contribution is -0.146. The summed E-state index contributed by atoms with van der Waals surface area (Å²) in [5.74, 6) is -1.74. The smallest absolute Gasteiger partial charge is 0.305 e. The van der Waals surface area contributed by atoms with Gasteiger partial charge in [-0.25, -0.2) is 0 Å². The van der Waals surface area contributed by atoms with Crippen LogP contribution in [0.2, 0.25) is 0 Å². The molecule has 5 heteroatoms. The van der Waals surface area contributed by atoms with Gasteiger partial charge in [-0.05, 0) is 23.8 Å². The predicted molar refractivity (Wildman–Crippen MR) is 81.0 cm³/mol. The molecule has 1 aliphatic heterocycles. The van der Waals surface area contributed by atoms with E-state index in [4.69, 9.17) is 0 Å². The van der Waals surface area contributed by atoms with Crippen LogP contribution in [0.25, 0.3) is 0 Å². The van der Waals surface area contributed by atoms with E-state index in [9.17, 15) is 19.5 Å². The molecule has 5 atom stereocenters. The van der Waals surface area contributed by atoms with E-state index in [2.05, 4.69) is 0 Å². The lowest BCUT2D eigenvalue weighted by Gasteiger charge is -2.27. The van der Waals surface area contributed by atoms with Gasteiger partial charge in [0.1, 0.15) is 0 Å². The van der Waals surface area contributed by atoms with E-state index < -0.39 is 12.0 Å². The number of carbonyl (C=O) groups excluding carboxylic acids is 2. The van der Waals surface area contributed by atoms with Crippen molar-refractivity contribution in [1.82, 2.24) is 4.90 Å². The Morgan fingerprint density at radius 2 is 1.65 bits per heavy atom. The van der Waals surface area contributed by atoms with Gasteiger partial charge >= 0.3 is 5.97 Å². The van der Waals surface area contributed by atoms with Crippen molar-refractivity contribution in [2.75, 3.05) is 0 Å². The number of fused-ring (bicyclic) bond motifs is 5. The van der Waals surface area contributed by atoms with E-state index in [1.165, 1.54) is 4.90 Å². The van der Waals surface area contributed by atoms with Gasteiger partial charge in [0, 0.05) is 0 Å². The van der Waals surface area contributed by atoms with E-state index in [0.29, 0.717) is 5.56 Å². The van der Waals surface area contributed by atoms with Gasteiger partial charge in [-0.2, -0.15) is 0 Å².